The quantitative estimate of drug-likeness (QED) is 0.752. The Labute approximate surface area is 114 Å². The molecule has 0 fully saturated rings. The molecule has 0 aromatic heterocycles. The van der Waals surface area contributed by atoms with Crippen LogP contribution in [0.5, 0.6) is 0 Å². The van der Waals surface area contributed by atoms with Gasteiger partial charge in [-0.1, -0.05) is 36.4 Å². The second-order valence-electron chi connectivity index (χ2n) is 4.56. The lowest BCUT2D eigenvalue weighted by Gasteiger charge is -2.06. The predicted octanol–water partition coefficient (Wildman–Crippen LogP) is 4.07. The monoisotopic (exact) mass is 259 g/mol. The highest BCUT2D eigenvalue weighted by molar-refractivity contribution is 7.98. The molecule has 0 bridgehead atoms. The third-order valence-corrected chi connectivity index (χ3v) is 3.79. The molecule has 18 heavy (non-hydrogen) atoms. The molecule has 0 saturated heterocycles. The third-order valence-electron chi connectivity index (χ3n) is 3.10. The fraction of sp³-hybridized carbons (Fsp3) is 0.375. The Morgan fingerprint density at radius 2 is 1.83 bits per heavy atom. The highest BCUT2D eigenvalue weighted by Gasteiger charge is 1.96. The van der Waals surface area contributed by atoms with E-state index in [9.17, 15) is 0 Å². The Morgan fingerprint density at radius 3 is 2.67 bits per heavy atom. The molecule has 0 amide bonds. The first-order valence-electron chi connectivity index (χ1n) is 6.57. The van der Waals surface area contributed by atoms with Crippen LogP contribution in [0.3, 0.4) is 0 Å². The summed E-state index contributed by atoms with van der Waals surface area (Å²) in [5, 5.41) is 6.17. The maximum Gasteiger partial charge on any atom is 0.0205 e. The Kier molecular flexibility index (Phi) is 5.56. The van der Waals surface area contributed by atoms with Crippen molar-refractivity contribution in [1.29, 1.82) is 0 Å². The highest BCUT2D eigenvalue weighted by atomic mass is 32.2. The second-order valence-corrected chi connectivity index (χ2v) is 5.54. The van der Waals surface area contributed by atoms with E-state index in [1.54, 1.807) is 0 Å². The zero-order valence-corrected chi connectivity index (χ0v) is 11.8. The summed E-state index contributed by atoms with van der Waals surface area (Å²) in [5.74, 6) is 1.28. The van der Waals surface area contributed by atoms with Crippen molar-refractivity contribution in [3.63, 3.8) is 0 Å². The molecule has 0 radical (unpaired) electrons. The van der Waals surface area contributed by atoms with Gasteiger partial charge >= 0.3 is 0 Å². The Hall–Kier alpha value is -0.990. The minimum atomic E-state index is 0.976. The van der Waals surface area contributed by atoms with Crippen LogP contribution in [0, 0.1) is 0 Å². The summed E-state index contributed by atoms with van der Waals surface area (Å²) in [6, 6.07) is 15.2. The molecule has 0 aliphatic rings. The van der Waals surface area contributed by atoms with E-state index in [0.29, 0.717) is 0 Å². The van der Waals surface area contributed by atoms with Crippen LogP contribution in [0.2, 0.25) is 0 Å². The van der Waals surface area contributed by atoms with Crippen LogP contribution in [0.25, 0.3) is 10.8 Å². The lowest BCUT2D eigenvalue weighted by molar-refractivity contribution is 0.644. The molecule has 0 saturated carbocycles. The number of hydrogen-bond donors (Lipinski definition) is 1. The van der Waals surface area contributed by atoms with Crippen LogP contribution in [-0.4, -0.2) is 18.6 Å². The standard InChI is InChI=1S/C16H21NS/c1-18-11-5-4-10-17-13-14-8-9-15-6-2-3-7-16(15)12-14/h2-3,6-9,12,17H,4-5,10-11,13H2,1H3. The van der Waals surface area contributed by atoms with Crippen molar-refractivity contribution < 1.29 is 0 Å². The average Bonchev–Trinajstić information content (AvgIpc) is 2.42. The molecule has 0 unspecified atom stereocenters. The van der Waals surface area contributed by atoms with E-state index < -0.39 is 0 Å². The van der Waals surface area contributed by atoms with E-state index in [2.05, 4.69) is 54.0 Å². The van der Waals surface area contributed by atoms with E-state index in [1.807, 2.05) is 11.8 Å². The first kappa shape index (κ1) is 13.4. The predicted molar refractivity (Wildman–Crippen MR) is 83.3 cm³/mol. The fourth-order valence-electron chi connectivity index (χ4n) is 2.08. The lowest BCUT2D eigenvalue weighted by Crippen LogP contribution is -2.14. The summed E-state index contributed by atoms with van der Waals surface area (Å²) in [5.41, 5.74) is 1.37. The summed E-state index contributed by atoms with van der Waals surface area (Å²) in [6.45, 7) is 2.09. The van der Waals surface area contributed by atoms with Gasteiger partial charge in [0.25, 0.3) is 0 Å². The SMILES string of the molecule is CSCCCCNCc1ccc2ccccc2c1. The molecule has 2 aromatic rings. The molecule has 0 heterocycles. The molecular formula is C16H21NS. The first-order valence-corrected chi connectivity index (χ1v) is 7.97. The van der Waals surface area contributed by atoms with Crippen molar-refractivity contribution in [3.8, 4) is 0 Å². The minimum absolute atomic E-state index is 0.976. The Morgan fingerprint density at radius 1 is 1.00 bits per heavy atom. The lowest BCUT2D eigenvalue weighted by atomic mass is 10.1. The Bertz CT molecular complexity index is 481. The summed E-state index contributed by atoms with van der Waals surface area (Å²) >= 11 is 1.93. The van der Waals surface area contributed by atoms with Crippen molar-refractivity contribution in [3.05, 3.63) is 48.0 Å². The molecule has 0 aliphatic carbocycles. The molecule has 2 rings (SSSR count). The molecule has 96 valence electrons. The van der Waals surface area contributed by atoms with Gasteiger partial charge in [-0.25, -0.2) is 0 Å². The molecule has 1 N–H and O–H groups in total. The molecule has 1 nitrogen and oxygen atoms in total. The summed E-state index contributed by atoms with van der Waals surface area (Å²) in [7, 11) is 0. The second kappa shape index (κ2) is 7.45. The number of hydrogen-bond acceptors (Lipinski definition) is 2. The molecular weight excluding hydrogens is 238 g/mol. The van der Waals surface area contributed by atoms with Crippen LogP contribution in [0.1, 0.15) is 18.4 Å². The van der Waals surface area contributed by atoms with Gasteiger partial charge in [0.15, 0.2) is 0 Å². The number of unbranched alkanes of at least 4 members (excludes halogenated alkanes) is 1. The fourth-order valence-corrected chi connectivity index (χ4v) is 2.57. The summed E-state index contributed by atoms with van der Waals surface area (Å²) in [4.78, 5) is 0. The minimum Gasteiger partial charge on any atom is -0.313 e. The van der Waals surface area contributed by atoms with Gasteiger partial charge in [-0.15, -0.1) is 0 Å². The molecule has 0 aliphatic heterocycles. The topological polar surface area (TPSA) is 12.0 Å². The smallest absolute Gasteiger partial charge is 0.0205 e. The van der Waals surface area contributed by atoms with Gasteiger partial charge < -0.3 is 5.32 Å². The van der Waals surface area contributed by atoms with E-state index in [-0.39, 0.29) is 0 Å². The van der Waals surface area contributed by atoms with Crippen LogP contribution in [0.15, 0.2) is 42.5 Å². The number of thioether (sulfide) groups is 1. The highest BCUT2D eigenvalue weighted by Crippen LogP contribution is 2.15. The zero-order chi connectivity index (χ0) is 12.6. The van der Waals surface area contributed by atoms with Crippen molar-refractivity contribution in [1.82, 2.24) is 5.32 Å². The number of rotatable bonds is 7. The van der Waals surface area contributed by atoms with Crippen LogP contribution in [0.4, 0.5) is 0 Å². The van der Waals surface area contributed by atoms with E-state index >= 15 is 0 Å². The first-order chi connectivity index (χ1) is 8.90. The largest absolute Gasteiger partial charge is 0.313 e. The van der Waals surface area contributed by atoms with Gasteiger partial charge in [-0.2, -0.15) is 11.8 Å². The third kappa shape index (κ3) is 4.04. The van der Waals surface area contributed by atoms with Gasteiger partial charge in [-0.05, 0) is 53.8 Å². The molecule has 0 atom stereocenters. The van der Waals surface area contributed by atoms with Crippen molar-refractivity contribution in [2.45, 2.75) is 19.4 Å². The molecule has 0 spiro atoms. The van der Waals surface area contributed by atoms with Crippen LogP contribution in [-0.2, 0) is 6.54 Å². The van der Waals surface area contributed by atoms with Gasteiger partial charge in [-0.3, -0.25) is 0 Å². The molecule has 2 aromatic carbocycles. The van der Waals surface area contributed by atoms with Crippen molar-refractivity contribution >= 4 is 22.5 Å². The van der Waals surface area contributed by atoms with E-state index in [4.69, 9.17) is 0 Å². The Balaban J connectivity index is 1.81. The molecule has 2 heteroatoms. The van der Waals surface area contributed by atoms with Crippen LogP contribution >= 0.6 is 11.8 Å². The van der Waals surface area contributed by atoms with Gasteiger partial charge in [0.2, 0.25) is 0 Å². The van der Waals surface area contributed by atoms with Gasteiger partial charge in [0, 0.05) is 6.54 Å². The van der Waals surface area contributed by atoms with E-state index in [0.717, 1.165) is 13.1 Å². The van der Waals surface area contributed by atoms with Gasteiger partial charge in [0.1, 0.15) is 0 Å². The number of benzene rings is 2. The maximum atomic E-state index is 3.52. The normalized spacial score (nSPS) is 10.9. The number of nitrogens with one attached hydrogen (secondary N) is 1. The van der Waals surface area contributed by atoms with Crippen molar-refractivity contribution in [2.75, 3.05) is 18.6 Å². The van der Waals surface area contributed by atoms with Crippen LogP contribution < -0.4 is 5.32 Å². The zero-order valence-electron chi connectivity index (χ0n) is 11.0. The van der Waals surface area contributed by atoms with Gasteiger partial charge in [0.05, 0.1) is 0 Å². The average molecular weight is 259 g/mol. The van der Waals surface area contributed by atoms with Crippen molar-refractivity contribution in [2.24, 2.45) is 0 Å². The maximum absolute atomic E-state index is 3.52. The number of fused-ring (bicyclic) bond motifs is 1. The summed E-state index contributed by atoms with van der Waals surface area (Å²) in [6.07, 6.45) is 4.75. The van der Waals surface area contributed by atoms with E-state index in [1.165, 1.54) is 34.9 Å². The summed E-state index contributed by atoms with van der Waals surface area (Å²) < 4.78 is 0.